The summed E-state index contributed by atoms with van der Waals surface area (Å²) in [7, 11) is 1.80. The topological polar surface area (TPSA) is 55.6 Å². The molecule has 1 aliphatic carbocycles. The first kappa shape index (κ1) is 14.4. The fraction of sp³-hybridized carbons (Fsp3) is 0.588. The molecule has 0 bridgehead atoms. The maximum atomic E-state index is 12.0. The van der Waals surface area contributed by atoms with E-state index < -0.39 is 6.10 Å². The Morgan fingerprint density at radius 1 is 1.29 bits per heavy atom. The molecule has 1 heterocycles. The van der Waals surface area contributed by atoms with Crippen LogP contribution in [0.25, 0.3) is 0 Å². The summed E-state index contributed by atoms with van der Waals surface area (Å²) in [6.45, 7) is 1.78. The standard InChI is InChI=1S/C17H24N2O2/c1-11-17(20)19(2)14-10-13(8-9-15(14)21-11)16(18)12-6-4-3-5-7-12/h8-12,16H,3-7,18H2,1-2H3. The molecule has 21 heavy (non-hydrogen) atoms. The van der Waals surface area contributed by atoms with Gasteiger partial charge in [0, 0.05) is 13.1 Å². The number of carbonyl (C=O) groups is 1. The summed E-state index contributed by atoms with van der Waals surface area (Å²) < 4.78 is 5.66. The second kappa shape index (κ2) is 5.68. The van der Waals surface area contributed by atoms with Gasteiger partial charge in [-0.2, -0.15) is 0 Å². The van der Waals surface area contributed by atoms with Gasteiger partial charge in [-0.25, -0.2) is 0 Å². The molecule has 1 aliphatic heterocycles. The highest BCUT2D eigenvalue weighted by Gasteiger charge is 2.30. The molecule has 4 nitrogen and oxygen atoms in total. The maximum Gasteiger partial charge on any atom is 0.267 e. The van der Waals surface area contributed by atoms with Crippen molar-refractivity contribution in [3.63, 3.8) is 0 Å². The molecule has 0 saturated heterocycles. The summed E-state index contributed by atoms with van der Waals surface area (Å²) in [6.07, 6.45) is 5.89. The number of nitrogens with zero attached hydrogens (tertiary/aromatic N) is 1. The zero-order chi connectivity index (χ0) is 15.0. The van der Waals surface area contributed by atoms with Crippen LogP contribution in [0.3, 0.4) is 0 Å². The van der Waals surface area contributed by atoms with Crippen molar-refractivity contribution in [2.75, 3.05) is 11.9 Å². The van der Waals surface area contributed by atoms with Crippen molar-refractivity contribution in [2.45, 2.75) is 51.2 Å². The average molecular weight is 288 g/mol. The molecule has 2 atom stereocenters. The van der Waals surface area contributed by atoms with E-state index in [2.05, 4.69) is 6.07 Å². The van der Waals surface area contributed by atoms with Crippen LogP contribution < -0.4 is 15.4 Å². The predicted octanol–water partition coefficient (Wildman–Crippen LogP) is 3.01. The fourth-order valence-corrected chi connectivity index (χ4v) is 3.50. The summed E-state index contributed by atoms with van der Waals surface area (Å²) >= 11 is 0. The van der Waals surface area contributed by atoms with Gasteiger partial charge in [0.25, 0.3) is 5.91 Å². The van der Waals surface area contributed by atoms with Crippen LogP contribution in [0.15, 0.2) is 18.2 Å². The lowest BCUT2D eigenvalue weighted by atomic mass is 9.81. The molecule has 0 spiro atoms. The number of nitrogens with two attached hydrogens (primary N) is 1. The molecule has 2 N–H and O–H groups in total. The first-order valence-electron chi connectivity index (χ1n) is 7.91. The van der Waals surface area contributed by atoms with E-state index in [1.807, 2.05) is 12.1 Å². The van der Waals surface area contributed by atoms with E-state index in [9.17, 15) is 4.79 Å². The Kier molecular flexibility index (Phi) is 3.89. The maximum absolute atomic E-state index is 12.0. The van der Waals surface area contributed by atoms with Gasteiger partial charge in [-0.3, -0.25) is 4.79 Å². The minimum Gasteiger partial charge on any atom is -0.479 e. The molecular formula is C17H24N2O2. The molecule has 114 valence electrons. The number of fused-ring (bicyclic) bond motifs is 1. The van der Waals surface area contributed by atoms with Crippen LogP contribution in [0.5, 0.6) is 5.75 Å². The fourth-order valence-electron chi connectivity index (χ4n) is 3.50. The van der Waals surface area contributed by atoms with Crippen LogP contribution in [-0.2, 0) is 4.79 Å². The third-order valence-corrected chi connectivity index (χ3v) is 4.87. The van der Waals surface area contributed by atoms with Crippen molar-refractivity contribution in [3.05, 3.63) is 23.8 Å². The summed E-state index contributed by atoms with van der Waals surface area (Å²) in [5.74, 6) is 1.32. The van der Waals surface area contributed by atoms with Crippen molar-refractivity contribution in [1.82, 2.24) is 0 Å². The molecule has 3 rings (SSSR count). The number of hydrogen-bond acceptors (Lipinski definition) is 3. The first-order valence-corrected chi connectivity index (χ1v) is 7.91. The van der Waals surface area contributed by atoms with Crippen molar-refractivity contribution >= 4 is 11.6 Å². The normalized spacial score (nSPS) is 24.4. The third kappa shape index (κ3) is 2.64. The van der Waals surface area contributed by atoms with Crippen LogP contribution in [0.2, 0.25) is 0 Å². The van der Waals surface area contributed by atoms with Crippen molar-refractivity contribution in [1.29, 1.82) is 0 Å². The largest absolute Gasteiger partial charge is 0.479 e. The van der Waals surface area contributed by atoms with Gasteiger partial charge in [0.15, 0.2) is 6.10 Å². The van der Waals surface area contributed by atoms with Gasteiger partial charge in [0.1, 0.15) is 5.75 Å². The molecule has 1 aromatic carbocycles. The van der Waals surface area contributed by atoms with Gasteiger partial charge in [0.05, 0.1) is 5.69 Å². The molecule has 0 radical (unpaired) electrons. The van der Waals surface area contributed by atoms with Crippen molar-refractivity contribution < 1.29 is 9.53 Å². The molecule has 4 heteroatoms. The monoisotopic (exact) mass is 288 g/mol. The molecule has 2 unspecified atom stereocenters. The molecule has 2 aliphatic rings. The van der Waals surface area contributed by atoms with Gasteiger partial charge in [-0.1, -0.05) is 25.3 Å². The Labute approximate surface area is 126 Å². The molecule has 1 fully saturated rings. The summed E-state index contributed by atoms with van der Waals surface area (Å²) in [6, 6.07) is 6.08. The average Bonchev–Trinajstić information content (AvgIpc) is 2.53. The lowest BCUT2D eigenvalue weighted by Gasteiger charge is -2.32. The second-order valence-electron chi connectivity index (χ2n) is 6.31. The predicted molar refractivity (Wildman–Crippen MR) is 83.4 cm³/mol. The summed E-state index contributed by atoms with van der Waals surface area (Å²) in [4.78, 5) is 13.7. The molecular weight excluding hydrogens is 264 g/mol. The molecule has 1 aromatic rings. The lowest BCUT2D eigenvalue weighted by molar-refractivity contribution is -0.125. The van der Waals surface area contributed by atoms with E-state index in [-0.39, 0.29) is 11.9 Å². The van der Waals surface area contributed by atoms with E-state index in [1.165, 1.54) is 32.1 Å². The quantitative estimate of drug-likeness (QED) is 0.910. The van der Waals surface area contributed by atoms with Crippen LogP contribution in [0.4, 0.5) is 5.69 Å². The number of hydrogen-bond donors (Lipinski definition) is 1. The zero-order valence-electron chi connectivity index (χ0n) is 12.8. The number of benzene rings is 1. The number of rotatable bonds is 2. The number of ether oxygens (including phenoxy) is 1. The lowest BCUT2D eigenvalue weighted by Crippen LogP contribution is -2.42. The zero-order valence-corrected chi connectivity index (χ0v) is 12.8. The molecule has 1 saturated carbocycles. The SMILES string of the molecule is CC1Oc2ccc(C(N)C3CCCCC3)cc2N(C)C1=O. The minimum atomic E-state index is -0.416. The molecule has 0 aromatic heterocycles. The van der Waals surface area contributed by atoms with Gasteiger partial charge in [0.2, 0.25) is 0 Å². The van der Waals surface area contributed by atoms with E-state index in [4.69, 9.17) is 10.5 Å². The Morgan fingerprint density at radius 2 is 2.00 bits per heavy atom. The van der Waals surface area contributed by atoms with Gasteiger partial charge in [-0.15, -0.1) is 0 Å². The number of carbonyl (C=O) groups excluding carboxylic acids is 1. The van der Waals surface area contributed by atoms with Crippen molar-refractivity contribution in [3.8, 4) is 5.75 Å². The van der Waals surface area contributed by atoms with E-state index >= 15 is 0 Å². The van der Waals surface area contributed by atoms with Crippen molar-refractivity contribution in [2.24, 2.45) is 11.7 Å². The van der Waals surface area contributed by atoms with E-state index in [0.717, 1.165) is 17.0 Å². The van der Waals surface area contributed by atoms with Gasteiger partial charge in [-0.05, 0) is 43.4 Å². The second-order valence-corrected chi connectivity index (χ2v) is 6.31. The summed E-state index contributed by atoms with van der Waals surface area (Å²) in [5.41, 5.74) is 8.41. The van der Waals surface area contributed by atoms with Crippen LogP contribution in [0, 0.1) is 5.92 Å². The Hall–Kier alpha value is -1.55. The molecule has 1 amide bonds. The van der Waals surface area contributed by atoms with Crippen LogP contribution >= 0.6 is 0 Å². The van der Waals surface area contributed by atoms with Crippen LogP contribution in [-0.4, -0.2) is 19.1 Å². The van der Waals surface area contributed by atoms with E-state index in [1.54, 1.807) is 18.9 Å². The number of amides is 1. The Balaban J connectivity index is 1.87. The third-order valence-electron chi connectivity index (χ3n) is 4.87. The highest BCUT2D eigenvalue weighted by molar-refractivity contribution is 5.99. The number of anilines is 1. The summed E-state index contributed by atoms with van der Waals surface area (Å²) in [5, 5.41) is 0. The van der Waals surface area contributed by atoms with Gasteiger partial charge < -0.3 is 15.4 Å². The van der Waals surface area contributed by atoms with Crippen LogP contribution in [0.1, 0.15) is 50.6 Å². The first-order chi connectivity index (χ1) is 10.1. The smallest absolute Gasteiger partial charge is 0.267 e. The Bertz CT molecular complexity index is 538. The highest BCUT2D eigenvalue weighted by Crippen LogP contribution is 2.38. The van der Waals surface area contributed by atoms with Gasteiger partial charge >= 0.3 is 0 Å². The number of likely N-dealkylation sites (N-methyl/N-ethyl adjacent to an activating group) is 1. The van der Waals surface area contributed by atoms with E-state index in [0.29, 0.717) is 5.92 Å². The Morgan fingerprint density at radius 3 is 2.71 bits per heavy atom. The highest BCUT2D eigenvalue weighted by atomic mass is 16.5. The minimum absolute atomic E-state index is 0.00844.